The van der Waals surface area contributed by atoms with Crippen LogP contribution >= 0.6 is 0 Å². The summed E-state index contributed by atoms with van der Waals surface area (Å²) in [5.74, 6) is 1.01. The zero-order valence-electron chi connectivity index (χ0n) is 12.9. The highest BCUT2D eigenvalue weighted by molar-refractivity contribution is 5.27. The molecule has 0 radical (unpaired) electrons. The number of ether oxygens (including phenoxy) is 1. The Bertz CT molecular complexity index is 356. The number of unbranched alkanes of at least 4 members (excludes halogenated alkanes) is 3. The highest BCUT2D eigenvalue weighted by Crippen LogP contribution is 2.18. The first-order valence-corrected chi connectivity index (χ1v) is 8.33. The van der Waals surface area contributed by atoms with Crippen molar-refractivity contribution >= 4 is 0 Å². The third kappa shape index (κ3) is 6.42. The molecule has 0 aromatic heterocycles. The highest BCUT2D eigenvalue weighted by Gasteiger charge is 2.19. The van der Waals surface area contributed by atoms with Gasteiger partial charge in [-0.1, -0.05) is 38.3 Å². The molecule has 2 nitrogen and oxygen atoms in total. The number of nitrogens with one attached hydrogen (secondary N) is 1. The molecule has 1 fully saturated rings. The fourth-order valence-electron chi connectivity index (χ4n) is 2.41. The number of hydrogen-bond acceptors (Lipinski definition) is 2. The van der Waals surface area contributed by atoms with Crippen molar-refractivity contribution in [2.45, 2.75) is 64.3 Å². The van der Waals surface area contributed by atoms with Gasteiger partial charge in [0, 0.05) is 6.04 Å². The molecule has 0 unspecified atom stereocenters. The quantitative estimate of drug-likeness (QED) is 0.607. The van der Waals surface area contributed by atoms with E-state index in [-0.39, 0.29) is 0 Å². The third-order valence-corrected chi connectivity index (χ3v) is 3.81. The number of aryl methyl sites for hydroxylation is 1. The lowest BCUT2D eigenvalue weighted by atomic mass is 10.1. The van der Waals surface area contributed by atoms with E-state index in [4.69, 9.17) is 4.74 Å². The minimum Gasteiger partial charge on any atom is -0.494 e. The van der Waals surface area contributed by atoms with Gasteiger partial charge in [0.2, 0.25) is 0 Å². The van der Waals surface area contributed by atoms with Gasteiger partial charge >= 0.3 is 0 Å². The van der Waals surface area contributed by atoms with Crippen molar-refractivity contribution in [3.63, 3.8) is 0 Å². The summed E-state index contributed by atoms with van der Waals surface area (Å²) in [5, 5.41) is 3.56. The lowest BCUT2D eigenvalue weighted by molar-refractivity contribution is 0.304. The molecule has 20 heavy (non-hydrogen) atoms. The highest BCUT2D eigenvalue weighted by atomic mass is 16.5. The molecule has 1 aromatic rings. The molecule has 1 N–H and O–H groups in total. The zero-order valence-corrected chi connectivity index (χ0v) is 12.9. The van der Waals surface area contributed by atoms with Crippen molar-refractivity contribution < 1.29 is 4.74 Å². The maximum absolute atomic E-state index is 5.78. The minimum atomic E-state index is 0.850. The lowest BCUT2D eigenvalue weighted by Crippen LogP contribution is -2.17. The molecular weight excluding hydrogens is 246 g/mol. The monoisotopic (exact) mass is 275 g/mol. The van der Waals surface area contributed by atoms with Crippen LogP contribution in [-0.2, 0) is 6.42 Å². The molecule has 0 amide bonds. The van der Waals surface area contributed by atoms with Crippen molar-refractivity contribution in [1.29, 1.82) is 0 Å². The van der Waals surface area contributed by atoms with Crippen LogP contribution < -0.4 is 10.1 Å². The van der Waals surface area contributed by atoms with Gasteiger partial charge in [-0.25, -0.2) is 0 Å². The second kappa shape index (κ2) is 9.02. The molecule has 1 aromatic carbocycles. The Morgan fingerprint density at radius 2 is 1.80 bits per heavy atom. The standard InChI is InChI=1S/C18H29NO/c1-2-7-16-8-12-18(13-9-16)20-15-6-4-3-5-14-19-17-10-11-17/h8-9,12-13,17,19H,2-7,10-11,14-15H2,1H3. The number of benzene rings is 1. The second-order valence-corrected chi connectivity index (χ2v) is 5.89. The van der Waals surface area contributed by atoms with E-state index in [0.29, 0.717) is 0 Å². The second-order valence-electron chi connectivity index (χ2n) is 5.89. The first kappa shape index (κ1) is 15.4. The Hall–Kier alpha value is -1.02. The summed E-state index contributed by atoms with van der Waals surface area (Å²) in [5.41, 5.74) is 1.41. The Morgan fingerprint density at radius 1 is 1.05 bits per heavy atom. The largest absolute Gasteiger partial charge is 0.494 e. The van der Waals surface area contributed by atoms with Gasteiger partial charge in [0.15, 0.2) is 0 Å². The topological polar surface area (TPSA) is 21.3 Å². The van der Waals surface area contributed by atoms with Gasteiger partial charge in [0.05, 0.1) is 6.61 Å². The van der Waals surface area contributed by atoms with Crippen molar-refractivity contribution in [1.82, 2.24) is 5.32 Å². The molecule has 0 bridgehead atoms. The van der Waals surface area contributed by atoms with Gasteiger partial charge in [-0.05, 0) is 56.3 Å². The van der Waals surface area contributed by atoms with Gasteiger partial charge in [0.25, 0.3) is 0 Å². The predicted molar refractivity (Wildman–Crippen MR) is 85.4 cm³/mol. The third-order valence-electron chi connectivity index (χ3n) is 3.81. The fraction of sp³-hybridized carbons (Fsp3) is 0.667. The smallest absolute Gasteiger partial charge is 0.119 e. The van der Waals surface area contributed by atoms with E-state index in [2.05, 4.69) is 36.5 Å². The van der Waals surface area contributed by atoms with Crippen LogP contribution in [0.5, 0.6) is 5.75 Å². The van der Waals surface area contributed by atoms with Crippen LogP contribution in [0.2, 0.25) is 0 Å². The molecule has 0 aliphatic heterocycles. The summed E-state index contributed by atoms with van der Waals surface area (Å²) in [6.45, 7) is 4.26. The summed E-state index contributed by atoms with van der Waals surface area (Å²) in [4.78, 5) is 0. The Labute approximate surface area is 123 Å². The zero-order chi connectivity index (χ0) is 14.0. The molecule has 0 atom stereocenters. The summed E-state index contributed by atoms with van der Waals surface area (Å²) in [6, 6.07) is 9.42. The van der Waals surface area contributed by atoms with E-state index in [1.807, 2.05) is 0 Å². The summed E-state index contributed by atoms with van der Waals surface area (Å²) >= 11 is 0. The molecule has 0 heterocycles. The van der Waals surface area contributed by atoms with Crippen molar-refractivity contribution in [3.05, 3.63) is 29.8 Å². The van der Waals surface area contributed by atoms with Crippen LogP contribution in [0.25, 0.3) is 0 Å². The van der Waals surface area contributed by atoms with Crippen molar-refractivity contribution in [2.75, 3.05) is 13.2 Å². The van der Waals surface area contributed by atoms with Gasteiger partial charge < -0.3 is 10.1 Å². The van der Waals surface area contributed by atoms with E-state index in [1.54, 1.807) is 0 Å². The number of hydrogen-bond donors (Lipinski definition) is 1. The maximum atomic E-state index is 5.78. The molecule has 0 spiro atoms. The summed E-state index contributed by atoms with van der Waals surface area (Å²) < 4.78 is 5.78. The summed E-state index contributed by atoms with van der Waals surface area (Å²) in [6.07, 6.45) is 10.2. The van der Waals surface area contributed by atoms with Crippen LogP contribution in [0.3, 0.4) is 0 Å². The Morgan fingerprint density at radius 3 is 2.50 bits per heavy atom. The molecule has 1 aliphatic rings. The maximum Gasteiger partial charge on any atom is 0.119 e. The van der Waals surface area contributed by atoms with Gasteiger partial charge in [0.1, 0.15) is 5.75 Å². The minimum absolute atomic E-state index is 0.850. The molecule has 2 rings (SSSR count). The van der Waals surface area contributed by atoms with Crippen LogP contribution in [-0.4, -0.2) is 19.2 Å². The molecule has 0 saturated heterocycles. The van der Waals surface area contributed by atoms with E-state index in [1.165, 1.54) is 57.1 Å². The SMILES string of the molecule is CCCc1ccc(OCCCCCCNC2CC2)cc1. The van der Waals surface area contributed by atoms with Gasteiger partial charge in [-0.2, -0.15) is 0 Å². The average Bonchev–Trinajstić information content (AvgIpc) is 3.28. The molecule has 1 aliphatic carbocycles. The van der Waals surface area contributed by atoms with Crippen LogP contribution in [0, 0.1) is 0 Å². The van der Waals surface area contributed by atoms with Crippen LogP contribution in [0.1, 0.15) is 57.4 Å². The first-order chi connectivity index (χ1) is 9.88. The van der Waals surface area contributed by atoms with Crippen LogP contribution in [0.4, 0.5) is 0 Å². The average molecular weight is 275 g/mol. The molecule has 1 saturated carbocycles. The van der Waals surface area contributed by atoms with Crippen molar-refractivity contribution in [3.8, 4) is 5.75 Å². The predicted octanol–water partition coefficient (Wildman–Crippen LogP) is 4.33. The molecule has 2 heteroatoms. The molecule has 112 valence electrons. The number of rotatable bonds is 11. The van der Waals surface area contributed by atoms with E-state index in [9.17, 15) is 0 Å². The Balaban J connectivity index is 1.45. The molecular formula is C18H29NO. The lowest BCUT2D eigenvalue weighted by Gasteiger charge is -2.07. The van der Waals surface area contributed by atoms with Crippen LogP contribution in [0.15, 0.2) is 24.3 Å². The fourth-order valence-corrected chi connectivity index (χ4v) is 2.41. The Kier molecular flexibility index (Phi) is 6.93. The van der Waals surface area contributed by atoms with E-state index in [0.717, 1.165) is 24.8 Å². The van der Waals surface area contributed by atoms with Gasteiger partial charge in [-0.3, -0.25) is 0 Å². The summed E-state index contributed by atoms with van der Waals surface area (Å²) in [7, 11) is 0. The van der Waals surface area contributed by atoms with Gasteiger partial charge in [-0.15, -0.1) is 0 Å². The van der Waals surface area contributed by atoms with Crippen molar-refractivity contribution in [2.24, 2.45) is 0 Å². The van der Waals surface area contributed by atoms with E-state index >= 15 is 0 Å². The normalized spacial score (nSPS) is 14.4. The first-order valence-electron chi connectivity index (χ1n) is 8.33. The van der Waals surface area contributed by atoms with E-state index < -0.39 is 0 Å².